The molecule has 0 radical (unpaired) electrons. The average Bonchev–Trinajstić information content (AvgIpc) is 3.04. The molecule has 162 valence electrons. The number of anilines is 1. The van der Waals surface area contributed by atoms with Gasteiger partial charge < -0.3 is 10.1 Å². The number of aromatic nitrogens is 1. The molecule has 3 aromatic rings. The number of rotatable bonds is 7. The quantitative estimate of drug-likeness (QED) is 0.558. The number of pyridine rings is 1. The number of nitrogens with one attached hydrogen (secondary N) is 1. The highest BCUT2D eigenvalue weighted by molar-refractivity contribution is 6.36. The van der Waals surface area contributed by atoms with Gasteiger partial charge in [0.2, 0.25) is 0 Å². The minimum atomic E-state index is -0.356. The summed E-state index contributed by atoms with van der Waals surface area (Å²) in [5.41, 5.74) is 4.06. The zero-order valence-corrected chi connectivity index (χ0v) is 18.3. The van der Waals surface area contributed by atoms with Gasteiger partial charge in [-0.2, -0.15) is 0 Å². The monoisotopic (exact) mass is 427 g/mol. The lowest BCUT2D eigenvalue weighted by Crippen LogP contribution is -2.32. The van der Waals surface area contributed by atoms with E-state index in [2.05, 4.69) is 24.1 Å². The molecule has 6 heteroatoms. The van der Waals surface area contributed by atoms with Crippen molar-refractivity contribution in [2.24, 2.45) is 0 Å². The number of benzene rings is 2. The van der Waals surface area contributed by atoms with Gasteiger partial charge in [0.25, 0.3) is 11.8 Å². The molecular weight excluding hydrogens is 402 g/mol. The Labute approximate surface area is 187 Å². The topological polar surface area (TPSA) is 71.5 Å². The van der Waals surface area contributed by atoms with E-state index >= 15 is 0 Å². The van der Waals surface area contributed by atoms with Gasteiger partial charge in [-0.25, -0.2) is 0 Å². The third-order valence-electron chi connectivity index (χ3n) is 5.48. The van der Waals surface area contributed by atoms with Crippen molar-refractivity contribution in [3.8, 4) is 5.75 Å². The van der Waals surface area contributed by atoms with E-state index in [-0.39, 0.29) is 24.1 Å². The van der Waals surface area contributed by atoms with Gasteiger partial charge in [-0.15, -0.1) is 0 Å². The van der Waals surface area contributed by atoms with Crippen LogP contribution in [0.2, 0.25) is 0 Å². The summed E-state index contributed by atoms with van der Waals surface area (Å²) in [7, 11) is 1.59. The number of amides is 2. The highest BCUT2D eigenvalue weighted by atomic mass is 16.5. The lowest BCUT2D eigenvalue weighted by molar-refractivity contribution is -0.137. The van der Waals surface area contributed by atoms with Gasteiger partial charge in [0.05, 0.1) is 19.2 Å². The first-order valence-electron chi connectivity index (χ1n) is 10.5. The summed E-state index contributed by atoms with van der Waals surface area (Å²) in [6.45, 7) is 4.43. The van der Waals surface area contributed by atoms with Crippen LogP contribution in [0.3, 0.4) is 0 Å². The van der Waals surface area contributed by atoms with Crippen molar-refractivity contribution < 1.29 is 14.3 Å². The second-order valence-electron chi connectivity index (χ2n) is 7.93. The highest BCUT2D eigenvalue weighted by Gasteiger charge is 2.39. The predicted molar refractivity (Wildman–Crippen MR) is 124 cm³/mol. The summed E-state index contributed by atoms with van der Waals surface area (Å²) in [5, 5.41) is 3.20. The Morgan fingerprint density at radius 3 is 2.16 bits per heavy atom. The van der Waals surface area contributed by atoms with Gasteiger partial charge in [-0.05, 0) is 59.0 Å². The lowest BCUT2D eigenvalue weighted by atomic mass is 10.0. The van der Waals surface area contributed by atoms with Crippen molar-refractivity contribution in [1.29, 1.82) is 0 Å². The third kappa shape index (κ3) is 4.25. The summed E-state index contributed by atoms with van der Waals surface area (Å²) >= 11 is 0. The molecule has 0 unspecified atom stereocenters. The number of hydrogen-bond acceptors (Lipinski definition) is 5. The molecule has 32 heavy (non-hydrogen) atoms. The van der Waals surface area contributed by atoms with Crippen LogP contribution in [0.25, 0.3) is 5.57 Å². The maximum Gasteiger partial charge on any atom is 0.278 e. The van der Waals surface area contributed by atoms with E-state index < -0.39 is 0 Å². The Bertz CT molecular complexity index is 1150. The summed E-state index contributed by atoms with van der Waals surface area (Å²) in [5.74, 6) is 0.395. The average molecular weight is 428 g/mol. The Balaban J connectivity index is 1.71. The molecule has 0 atom stereocenters. The number of carbonyl (C=O) groups excluding carboxylic acids is 2. The van der Waals surface area contributed by atoms with Gasteiger partial charge in [-0.1, -0.05) is 38.1 Å². The summed E-state index contributed by atoms with van der Waals surface area (Å²) in [6.07, 6.45) is 3.29. The summed E-state index contributed by atoms with van der Waals surface area (Å²) < 4.78 is 5.23. The van der Waals surface area contributed by atoms with E-state index in [1.165, 1.54) is 10.5 Å². The first-order valence-corrected chi connectivity index (χ1v) is 10.5. The van der Waals surface area contributed by atoms with Gasteiger partial charge >= 0.3 is 0 Å². The van der Waals surface area contributed by atoms with Crippen LogP contribution >= 0.6 is 0 Å². The van der Waals surface area contributed by atoms with Crippen molar-refractivity contribution in [1.82, 2.24) is 9.88 Å². The predicted octanol–water partition coefficient (Wildman–Crippen LogP) is 4.61. The number of hydrogen-bond donors (Lipinski definition) is 1. The summed E-state index contributed by atoms with van der Waals surface area (Å²) in [6, 6.07) is 18.6. The van der Waals surface area contributed by atoms with Crippen molar-refractivity contribution in [2.45, 2.75) is 26.3 Å². The molecule has 0 spiro atoms. The number of nitrogens with zero attached hydrogens (tertiary/aromatic N) is 2. The van der Waals surface area contributed by atoms with Crippen LogP contribution in [0.4, 0.5) is 5.69 Å². The van der Waals surface area contributed by atoms with Crippen molar-refractivity contribution in [3.05, 3.63) is 95.4 Å². The van der Waals surface area contributed by atoms with Crippen LogP contribution in [-0.2, 0) is 16.1 Å². The first-order chi connectivity index (χ1) is 15.5. The van der Waals surface area contributed by atoms with Gasteiger partial charge in [0, 0.05) is 18.1 Å². The molecule has 1 aromatic heterocycles. The number of methoxy groups -OCH3 is 1. The minimum Gasteiger partial charge on any atom is -0.497 e. The smallest absolute Gasteiger partial charge is 0.278 e. The number of ether oxygens (including phenoxy) is 1. The van der Waals surface area contributed by atoms with Gasteiger partial charge in [-0.3, -0.25) is 19.5 Å². The molecule has 6 nitrogen and oxygen atoms in total. The van der Waals surface area contributed by atoms with E-state index in [0.717, 1.165) is 11.3 Å². The fourth-order valence-corrected chi connectivity index (χ4v) is 3.63. The zero-order chi connectivity index (χ0) is 22.7. The van der Waals surface area contributed by atoms with Crippen molar-refractivity contribution in [2.75, 3.05) is 12.4 Å². The largest absolute Gasteiger partial charge is 0.497 e. The molecule has 0 saturated heterocycles. The van der Waals surface area contributed by atoms with Crippen LogP contribution in [-0.4, -0.2) is 28.8 Å². The molecule has 1 aliphatic rings. The van der Waals surface area contributed by atoms with Crippen LogP contribution in [0.5, 0.6) is 5.75 Å². The van der Waals surface area contributed by atoms with Crippen LogP contribution in [0.15, 0.2) is 78.8 Å². The van der Waals surface area contributed by atoms with E-state index in [1.807, 2.05) is 24.3 Å². The van der Waals surface area contributed by atoms with Gasteiger partial charge in [0.15, 0.2) is 0 Å². The Kier molecular flexibility index (Phi) is 6.03. The molecule has 0 aliphatic carbocycles. The first kappa shape index (κ1) is 21.3. The SMILES string of the molecule is COc1ccc(C2=C(Nc3ccc(C(C)C)cc3)C(=O)N(Cc3ccncc3)C2=O)cc1. The molecule has 1 aliphatic heterocycles. The molecule has 4 rings (SSSR count). The van der Waals surface area contributed by atoms with Crippen molar-refractivity contribution in [3.63, 3.8) is 0 Å². The Morgan fingerprint density at radius 1 is 0.906 bits per heavy atom. The van der Waals surface area contributed by atoms with E-state index in [9.17, 15) is 9.59 Å². The molecule has 2 heterocycles. The Morgan fingerprint density at radius 2 is 1.56 bits per heavy atom. The lowest BCUT2D eigenvalue weighted by Gasteiger charge is -2.15. The van der Waals surface area contributed by atoms with Crippen LogP contribution < -0.4 is 10.1 Å². The highest BCUT2D eigenvalue weighted by Crippen LogP contribution is 2.32. The van der Waals surface area contributed by atoms with Crippen LogP contribution in [0, 0.1) is 0 Å². The van der Waals surface area contributed by atoms with E-state index in [0.29, 0.717) is 22.8 Å². The standard InChI is InChI=1S/C26H25N3O3/c1-17(2)19-4-8-21(9-5-19)28-24-23(20-6-10-22(32-3)11-7-20)25(30)29(26(24)31)16-18-12-14-27-15-13-18/h4-15,17,28H,16H2,1-3H3. The van der Waals surface area contributed by atoms with Gasteiger partial charge in [0.1, 0.15) is 11.4 Å². The second-order valence-corrected chi connectivity index (χ2v) is 7.93. The molecule has 0 bridgehead atoms. The molecule has 2 aromatic carbocycles. The number of carbonyl (C=O) groups is 2. The molecule has 0 saturated carbocycles. The van der Waals surface area contributed by atoms with Crippen LogP contribution in [0.1, 0.15) is 36.5 Å². The third-order valence-corrected chi connectivity index (χ3v) is 5.48. The summed E-state index contributed by atoms with van der Waals surface area (Å²) in [4.78, 5) is 32.0. The minimum absolute atomic E-state index is 0.178. The maximum absolute atomic E-state index is 13.4. The molecule has 0 fully saturated rings. The van der Waals surface area contributed by atoms with E-state index in [4.69, 9.17) is 4.74 Å². The fraction of sp³-hybridized carbons (Fsp3) is 0.192. The normalized spacial score (nSPS) is 13.8. The second kappa shape index (κ2) is 9.06. The maximum atomic E-state index is 13.4. The molecular formula is C26H25N3O3. The zero-order valence-electron chi connectivity index (χ0n) is 18.3. The molecule has 2 amide bonds. The van der Waals surface area contributed by atoms with Crippen molar-refractivity contribution >= 4 is 23.1 Å². The Hall–Kier alpha value is -3.93. The fourth-order valence-electron chi connectivity index (χ4n) is 3.63. The number of imide groups is 1. The molecule has 1 N–H and O–H groups in total. The van der Waals surface area contributed by atoms with E-state index in [1.54, 1.807) is 55.9 Å².